The number of rotatable bonds is 4. The standard InChI is InChI=1S/C15H22N2O3/c1-15(2)9-5-6-11(15)16-12-8-7-10(14(18)20-4)13(17-12)19-3/h7-8,11H,5-6,9H2,1-4H3,(H,16,17). The summed E-state index contributed by atoms with van der Waals surface area (Å²) in [6.45, 7) is 4.52. The molecule has 1 aliphatic rings. The molecule has 0 aromatic carbocycles. The highest BCUT2D eigenvalue weighted by atomic mass is 16.5. The highest BCUT2D eigenvalue weighted by Crippen LogP contribution is 2.39. The molecule has 20 heavy (non-hydrogen) atoms. The summed E-state index contributed by atoms with van der Waals surface area (Å²) in [5.74, 6) is 0.578. The average Bonchev–Trinajstić information content (AvgIpc) is 2.77. The van der Waals surface area contributed by atoms with Crippen molar-refractivity contribution >= 4 is 11.8 Å². The van der Waals surface area contributed by atoms with Gasteiger partial charge in [0.2, 0.25) is 5.88 Å². The van der Waals surface area contributed by atoms with E-state index in [-0.39, 0.29) is 11.3 Å². The van der Waals surface area contributed by atoms with Gasteiger partial charge in [0, 0.05) is 6.04 Å². The number of esters is 1. The zero-order chi connectivity index (χ0) is 14.8. The number of methoxy groups -OCH3 is 2. The van der Waals surface area contributed by atoms with Crippen molar-refractivity contribution in [1.82, 2.24) is 4.98 Å². The average molecular weight is 278 g/mol. The SMILES string of the molecule is COC(=O)c1ccc(NC2CCCC2(C)C)nc1OC. The molecule has 5 heteroatoms. The van der Waals surface area contributed by atoms with Gasteiger partial charge >= 0.3 is 5.97 Å². The number of aromatic nitrogens is 1. The van der Waals surface area contributed by atoms with Gasteiger partial charge in [0.15, 0.2) is 0 Å². The van der Waals surface area contributed by atoms with Gasteiger partial charge in [-0.05, 0) is 30.4 Å². The molecule has 1 atom stereocenters. The molecule has 1 aromatic heterocycles. The zero-order valence-corrected chi connectivity index (χ0v) is 12.5. The fourth-order valence-corrected chi connectivity index (χ4v) is 2.71. The number of carbonyl (C=O) groups is 1. The van der Waals surface area contributed by atoms with Crippen LogP contribution in [0.5, 0.6) is 5.88 Å². The Balaban J connectivity index is 2.20. The Kier molecular flexibility index (Phi) is 4.16. The largest absolute Gasteiger partial charge is 0.480 e. The molecule has 1 N–H and O–H groups in total. The summed E-state index contributed by atoms with van der Waals surface area (Å²) < 4.78 is 9.88. The van der Waals surface area contributed by atoms with Crippen LogP contribution in [0, 0.1) is 5.41 Å². The number of hydrogen-bond acceptors (Lipinski definition) is 5. The number of pyridine rings is 1. The van der Waals surface area contributed by atoms with Crippen molar-refractivity contribution in [2.75, 3.05) is 19.5 Å². The Morgan fingerprint density at radius 3 is 2.70 bits per heavy atom. The van der Waals surface area contributed by atoms with E-state index >= 15 is 0 Å². The van der Waals surface area contributed by atoms with Crippen LogP contribution in [0.4, 0.5) is 5.82 Å². The fraction of sp³-hybridized carbons (Fsp3) is 0.600. The van der Waals surface area contributed by atoms with E-state index in [0.717, 1.165) is 12.2 Å². The predicted octanol–water partition coefficient (Wildman–Crippen LogP) is 2.87. The maximum absolute atomic E-state index is 11.6. The monoisotopic (exact) mass is 278 g/mol. The number of nitrogens with zero attached hydrogens (tertiary/aromatic N) is 1. The Morgan fingerprint density at radius 2 is 2.15 bits per heavy atom. The van der Waals surface area contributed by atoms with Gasteiger partial charge < -0.3 is 14.8 Å². The Morgan fingerprint density at radius 1 is 1.40 bits per heavy atom. The fourth-order valence-electron chi connectivity index (χ4n) is 2.71. The number of anilines is 1. The van der Waals surface area contributed by atoms with Gasteiger partial charge in [-0.25, -0.2) is 4.79 Å². The van der Waals surface area contributed by atoms with Crippen molar-refractivity contribution in [1.29, 1.82) is 0 Å². The van der Waals surface area contributed by atoms with Gasteiger partial charge in [-0.2, -0.15) is 4.98 Å². The molecular formula is C15H22N2O3. The van der Waals surface area contributed by atoms with E-state index in [1.54, 1.807) is 12.1 Å². The van der Waals surface area contributed by atoms with Crippen LogP contribution in [0.3, 0.4) is 0 Å². The van der Waals surface area contributed by atoms with Gasteiger partial charge in [0.05, 0.1) is 14.2 Å². The van der Waals surface area contributed by atoms with Crippen LogP contribution in [0.25, 0.3) is 0 Å². The first-order valence-electron chi connectivity index (χ1n) is 6.88. The summed E-state index contributed by atoms with van der Waals surface area (Å²) in [5, 5.41) is 3.45. The van der Waals surface area contributed by atoms with Crippen LogP contribution in [0.2, 0.25) is 0 Å². The summed E-state index contributed by atoms with van der Waals surface area (Å²) in [5.41, 5.74) is 0.599. The van der Waals surface area contributed by atoms with Gasteiger partial charge in [0.1, 0.15) is 11.4 Å². The summed E-state index contributed by atoms with van der Waals surface area (Å²) in [6, 6.07) is 3.87. The van der Waals surface area contributed by atoms with E-state index in [9.17, 15) is 4.79 Å². The molecule has 0 saturated heterocycles. The van der Waals surface area contributed by atoms with E-state index in [0.29, 0.717) is 11.6 Å². The topological polar surface area (TPSA) is 60.5 Å². The molecule has 1 heterocycles. The maximum atomic E-state index is 11.6. The van der Waals surface area contributed by atoms with Gasteiger partial charge in [-0.3, -0.25) is 0 Å². The van der Waals surface area contributed by atoms with E-state index in [2.05, 4.69) is 24.1 Å². The predicted molar refractivity (Wildman–Crippen MR) is 77.2 cm³/mol. The molecule has 0 bridgehead atoms. The highest BCUT2D eigenvalue weighted by Gasteiger charge is 2.34. The molecule has 0 amide bonds. The van der Waals surface area contributed by atoms with Crippen molar-refractivity contribution < 1.29 is 14.3 Å². The maximum Gasteiger partial charge on any atom is 0.343 e. The number of nitrogens with one attached hydrogen (secondary N) is 1. The van der Waals surface area contributed by atoms with Gasteiger partial charge in [-0.1, -0.05) is 20.3 Å². The minimum Gasteiger partial charge on any atom is -0.480 e. The third kappa shape index (κ3) is 2.86. The molecule has 110 valence electrons. The molecule has 5 nitrogen and oxygen atoms in total. The second kappa shape index (κ2) is 5.69. The molecule has 1 aromatic rings. The number of hydrogen-bond donors (Lipinski definition) is 1. The van der Waals surface area contributed by atoms with Crippen LogP contribution in [-0.4, -0.2) is 31.2 Å². The highest BCUT2D eigenvalue weighted by molar-refractivity contribution is 5.92. The Hall–Kier alpha value is -1.78. The first kappa shape index (κ1) is 14.6. The van der Waals surface area contributed by atoms with Gasteiger partial charge in [-0.15, -0.1) is 0 Å². The lowest BCUT2D eigenvalue weighted by Gasteiger charge is -2.28. The lowest BCUT2D eigenvalue weighted by Crippen LogP contribution is -2.31. The molecule has 0 aliphatic heterocycles. The van der Waals surface area contributed by atoms with Crippen LogP contribution in [0.1, 0.15) is 43.5 Å². The van der Waals surface area contributed by atoms with Crippen molar-refractivity contribution in [3.8, 4) is 5.88 Å². The molecule has 1 fully saturated rings. The van der Waals surface area contributed by atoms with E-state index in [4.69, 9.17) is 9.47 Å². The summed E-state index contributed by atoms with van der Waals surface area (Å²) >= 11 is 0. The summed E-state index contributed by atoms with van der Waals surface area (Å²) in [6.07, 6.45) is 3.57. The van der Waals surface area contributed by atoms with Crippen molar-refractivity contribution in [2.24, 2.45) is 5.41 Å². The van der Waals surface area contributed by atoms with Crippen molar-refractivity contribution in [3.63, 3.8) is 0 Å². The lowest BCUT2D eigenvalue weighted by atomic mass is 9.87. The number of ether oxygens (including phenoxy) is 2. The van der Waals surface area contributed by atoms with E-state index < -0.39 is 5.97 Å². The third-order valence-electron chi connectivity index (χ3n) is 4.04. The third-order valence-corrected chi connectivity index (χ3v) is 4.04. The van der Waals surface area contributed by atoms with Crippen LogP contribution >= 0.6 is 0 Å². The first-order valence-corrected chi connectivity index (χ1v) is 6.88. The molecule has 1 unspecified atom stereocenters. The van der Waals surface area contributed by atoms with Gasteiger partial charge in [0.25, 0.3) is 0 Å². The van der Waals surface area contributed by atoms with E-state index in [1.165, 1.54) is 27.1 Å². The summed E-state index contributed by atoms with van der Waals surface area (Å²) in [4.78, 5) is 15.9. The Bertz CT molecular complexity index is 500. The minimum absolute atomic E-state index is 0.260. The normalized spacial score (nSPS) is 20.5. The van der Waals surface area contributed by atoms with E-state index in [1.807, 2.05) is 0 Å². The van der Waals surface area contributed by atoms with Crippen LogP contribution < -0.4 is 10.1 Å². The van der Waals surface area contributed by atoms with Crippen molar-refractivity contribution in [3.05, 3.63) is 17.7 Å². The second-order valence-corrected chi connectivity index (χ2v) is 5.82. The molecule has 2 rings (SSSR count). The van der Waals surface area contributed by atoms with Crippen LogP contribution in [0.15, 0.2) is 12.1 Å². The molecule has 1 saturated carbocycles. The molecular weight excluding hydrogens is 256 g/mol. The molecule has 0 spiro atoms. The first-order chi connectivity index (χ1) is 9.47. The smallest absolute Gasteiger partial charge is 0.343 e. The molecule has 1 aliphatic carbocycles. The quantitative estimate of drug-likeness (QED) is 0.858. The Labute approximate surface area is 119 Å². The lowest BCUT2D eigenvalue weighted by molar-refractivity contribution is 0.0596. The molecule has 0 radical (unpaired) electrons. The van der Waals surface area contributed by atoms with Crippen molar-refractivity contribution in [2.45, 2.75) is 39.2 Å². The summed E-state index contributed by atoms with van der Waals surface area (Å²) in [7, 11) is 2.84. The number of carbonyl (C=O) groups excluding carboxylic acids is 1. The van der Waals surface area contributed by atoms with Crippen LogP contribution in [-0.2, 0) is 4.74 Å². The minimum atomic E-state index is -0.443. The second-order valence-electron chi connectivity index (χ2n) is 5.82. The zero-order valence-electron chi connectivity index (χ0n) is 12.5.